The van der Waals surface area contributed by atoms with Gasteiger partial charge in [0.2, 0.25) is 11.8 Å². The molecule has 1 aromatic rings. The van der Waals surface area contributed by atoms with Gasteiger partial charge in [0.15, 0.2) is 0 Å². The summed E-state index contributed by atoms with van der Waals surface area (Å²) in [6.45, 7) is 7.76. The summed E-state index contributed by atoms with van der Waals surface area (Å²) in [5.74, 6) is -0.238. The number of nitrogens with zero attached hydrogens (tertiary/aromatic N) is 1. The summed E-state index contributed by atoms with van der Waals surface area (Å²) in [5.41, 5.74) is 1.63. The Hall–Kier alpha value is -2.37. The van der Waals surface area contributed by atoms with Crippen molar-refractivity contribution >= 4 is 17.7 Å². The molecule has 0 aliphatic carbocycles. The van der Waals surface area contributed by atoms with E-state index in [0.717, 1.165) is 31.4 Å². The number of likely N-dealkylation sites (tertiary alicyclic amines) is 1. The average molecular weight is 388 g/mol. The normalized spacial score (nSPS) is 15.9. The predicted octanol–water partition coefficient (Wildman–Crippen LogP) is 2.66. The molecule has 2 N–H and O–H groups in total. The van der Waals surface area contributed by atoms with Gasteiger partial charge in [-0.05, 0) is 44.2 Å². The number of hydrogen-bond acceptors (Lipinski definition) is 3. The van der Waals surface area contributed by atoms with Gasteiger partial charge in [0.05, 0.1) is 0 Å². The van der Waals surface area contributed by atoms with Crippen LogP contribution in [0.25, 0.3) is 0 Å². The fourth-order valence-corrected chi connectivity index (χ4v) is 3.33. The fraction of sp³-hybridized carbons (Fsp3) is 0.591. The molecule has 0 saturated carbocycles. The van der Waals surface area contributed by atoms with Crippen molar-refractivity contribution in [2.75, 3.05) is 19.6 Å². The van der Waals surface area contributed by atoms with Gasteiger partial charge in [-0.3, -0.25) is 14.4 Å². The number of benzene rings is 1. The van der Waals surface area contributed by atoms with E-state index in [0.29, 0.717) is 31.5 Å². The Bertz CT molecular complexity index is 670. The average Bonchev–Trinajstić information content (AvgIpc) is 2.87. The molecule has 154 valence electrons. The third kappa shape index (κ3) is 6.66. The minimum atomic E-state index is -0.589. The topological polar surface area (TPSA) is 78.5 Å². The van der Waals surface area contributed by atoms with Gasteiger partial charge in [-0.1, -0.05) is 38.0 Å². The molecule has 28 heavy (non-hydrogen) atoms. The molecule has 1 fully saturated rings. The Morgan fingerprint density at radius 1 is 1.11 bits per heavy atom. The highest BCUT2D eigenvalue weighted by Gasteiger charge is 2.24. The minimum Gasteiger partial charge on any atom is -0.354 e. The highest BCUT2D eigenvalue weighted by Crippen LogP contribution is 2.11. The summed E-state index contributed by atoms with van der Waals surface area (Å²) < 4.78 is 0. The molecule has 0 aromatic heterocycles. The second-order valence-electron chi connectivity index (χ2n) is 7.90. The maximum atomic E-state index is 12.6. The minimum absolute atomic E-state index is 0.0263. The number of nitrogens with one attached hydrogen (secondary N) is 2. The molecule has 1 heterocycles. The van der Waals surface area contributed by atoms with Crippen molar-refractivity contribution in [2.45, 2.75) is 58.9 Å². The molecule has 0 bridgehead atoms. The zero-order chi connectivity index (χ0) is 20.5. The van der Waals surface area contributed by atoms with Crippen LogP contribution in [-0.2, 0) is 9.59 Å². The third-order valence-corrected chi connectivity index (χ3v) is 5.12. The zero-order valence-corrected chi connectivity index (χ0v) is 17.3. The second kappa shape index (κ2) is 10.8. The van der Waals surface area contributed by atoms with Crippen molar-refractivity contribution in [1.82, 2.24) is 15.5 Å². The van der Waals surface area contributed by atoms with Gasteiger partial charge >= 0.3 is 0 Å². The summed E-state index contributed by atoms with van der Waals surface area (Å²) in [5, 5.41) is 5.75. The molecule has 0 radical (unpaired) electrons. The Kier molecular flexibility index (Phi) is 8.48. The lowest BCUT2D eigenvalue weighted by Gasteiger charge is -2.23. The first kappa shape index (κ1) is 21.9. The summed E-state index contributed by atoms with van der Waals surface area (Å²) in [6.07, 6.45) is 4.48. The molecule has 1 aliphatic heterocycles. The molecule has 2 rings (SSSR count). The number of rotatable bonds is 8. The standard InChI is InChI=1S/C22H33N3O3/c1-16(2)20(24-21(27)18-11-9-17(3)10-12-18)22(28)23-13-7-15-25-14-6-4-5-8-19(25)26/h9-12,16,20H,4-8,13-15H2,1-3H3,(H,23,28)(H,24,27). The van der Waals surface area contributed by atoms with Gasteiger partial charge < -0.3 is 15.5 Å². The van der Waals surface area contributed by atoms with E-state index in [9.17, 15) is 14.4 Å². The Balaban J connectivity index is 1.81. The van der Waals surface area contributed by atoms with Crippen LogP contribution in [0.5, 0.6) is 0 Å². The van der Waals surface area contributed by atoms with E-state index in [1.165, 1.54) is 0 Å². The molecule has 3 amide bonds. The van der Waals surface area contributed by atoms with E-state index >= 15 is 0 Å². The van der Waals surface area contributed by atoms with Crippen LogP contribution in [0.3, 0.4) is 0 Å². The van der Waals surface area contributed by atoms with Gasteiger partial charge in [0, 0.05) is 31.6 Å². The van der Waals surface area contributed by atoms with Crippen LogP contribution < -0.4 is 10.6 Å². The summed E-state index contributed by atoms with van der Waals surface area (Å²) in [4.78, 5) is 38.9. The van der Waals surface area contributed by atoms with Gasteiger partial charge in [-0.25, -0.2) is 0 Å². The van der Waals surface area contributed by atoms with Crippen LogP contribution in [0.2, 0.25) is 0 Å². The van der Waals surface area contributed by atoms with Crippen molar-refractivity contribution in [3.8, 4) is 0 Å². The lowest BCUT2D eigenvalue weighted by Crippen LogP contribution is -2.50. The monoisotopic (exact) mass is 387 g/mol. The van der Waals surface area contributed by atoms with Gasteiger partial charge in [0.25, 0.3) is 5.91 Å². The molecular formula is C22H33N3O3. The summed E-state index contributed by atoms with van der Waals surface area (Å²) in [7, 11) is 0. The van der Waals surface area contributed by atoms with Crippen LogP contribution >= 0.6 is 0 Å². The molecule has 1 aromatic carbocycles. The first-order chi connectivity index (χ1) is 13.4. The molecule has 1 saturated heterocycles. The highest BCUT2D eigenvalue weighted by molar-refractivity contribution is 5.97. The van der Waals surface area contributed by atoms with E-state index in [2.05, 4.69) is 10.6 Å². The van der Waals surface area contributed by atoms with Crippen molar-refractivity contribution in [2.24, 2.45) is 5.92 Å². The number of hydrogen-bond donors (Lipinski definition) is 2. The van der Waals surface area contributed by atoms with E-state index in [1.54, 1.807) is 12.1 Å². The Morgan fingerprint density at radius 2 is 1.82 bits per heavy atom. The predicted molar refractivity (Wildman–Crippen MR) is 110 cm³/mol. The van der Waals surface area contributed by atoms with Crippen molar-refractivity contribution in [3.05, 3.63) is 35.4 Å². The lowest BCUT2D eigenvalue weighted by molar-refractivity contribution is -0.130. The fourth-order valence-electron chi connectivity index (χ4n) is 3.33. The van der Waals surface area contributed by atoms with Gasteiger partial charge in [-0.2, -0.15) is 0 Å². The molecule has 1 aliphatic rings. The summed E-state index contributed by atoms with van der Waals surface area (Å²) in [6, 6.07) is 6.69. The SMILES string of the molecule is Cc1ccc(C(=O)NC(C(=O)NCCCN2CCCCCC2=O)C(C)C)cc1. The van der Waals surface area contributed by atoms with E-state index in [-0.39, 0.29) is 23.6 Å². The first-order valence-corrected chi connectivity index (χ1v) is 10.3. The third-order valence-electron chi connectivity index (χ3n) is 5.12. The molecule has 0 spiro atoms. The van der Waals surface area contributed by atoms with Crippen LogP contribution in [0.1, 0.15) is 61.9 Å². The largest absolute Gasteiger partial charge is 0.354 e. The maximum absolute atomic E-state index is 12.6. The number of aryl methyl sites for hydroxylation is 1. The van der Waals surface area contributed by atoms with Crippen molar-refractivity contribution < 1.29 is 14.4 Å². The quantitative estimate of drug-likeness (QED) is 0.673. The van der Waals surface area contributed by atoms with E-state index < -0.39 is 6.04 Å². The summed E-state index contributed by atoms with van der Waals surface area (Å²) >= 11 is 0. The smallest absolute Gasteiger partial charge is 0.251 e. The molecular weight excluding hydrogens is 354 g/mol. The number of carbonyl (C=O) groups is 3. The van der Waals surface area contributed by atoms with Crippen LogP contribution in [0.15, 0.2) is 24.3 Å². The van der Waals surface area contributed by atoms with Gasteiger partial charge in [0.1, 0.15) is 6.04 Å². The van der Waals surface area contributed by atoms with Crippen molar-refractivity contribution in [3.63, 3.8) is 0 Å². The van der Waals surface area contributed by atoms with E-state index in [4.69, 9.17) is 0 Å². The van der Waals surface area contributed by atoms with Crippen molar-refractivity contribution in [1.29, 1.82) is 0 Å². The molecule has 6 heteroatoms. The Labute approximate surface area is 168 Å². The van der Waals surface area contributed by atoms with E-state index in [1.807, 2.05) is 37.8 Å². The Morgan fingerprint density at radius 3 is 2.50 bits per heavy atom. The van der Waals surface area contributed by atoms with Crippen LogP contribution in [0.4, 0.5) is 0 Å². The molecule has 1 unspecified atom stereocenters. The molecule has 6 nitrogen and oxygen atoms in total. The first-order valence-electron chi connectivity index (χ1n) is 10.3. The maximum Gasteiger partial charge on any atom is 0.251 e. The van der Waals surface area contributed by atoms with Gasteiger partial charge in [-0.15, -0.1) is 0 Å². The molecule has 1 atom stereocenters. The lowest BCUT2D eigenvalue weighted by atomic mass is 10.0. The van der Waals surface area contributed by atoms with Crippen LogP contribution in [0, 0.1) is 12.8 Å². The number of carbonyl (C=O) groups excluding carboxylic acids is 3. The zero-order valence-electron chi connectivity index (χ0n) is 17.3. The highest BCUT2D eigenvalue weighted by atomic mass is 16.2. The second-order valence-corrected chi connectivity index (χ2v) is 7.90. The number of amides is 3. The van der Waals surface area contributed by atoms with Crippen LogP contribution in [-0.4, -0.2) is 48.3 Å².